The molecule has 0 aliphatic carbocycles. The predicted molar refractivity (Wildman–Crippen MR) is 94.4 cm³/mol. The van der Waals surface area contributed by atoms with Gasteiger partial charge in [-0.2, -0.15) is 0 Å². The second-order valence-electron chi connectivity index (χ2n) is 5.60. The third-order valence-corrected chi connectivity index (χ3v) is 3.72. The summed E-state index contributed by atoms with van der Waals surface area (Å²) < 4.78 is 10.5. The monoisotopic (exact) mass is 337 g/mol. The van der Waals surface area contributed by atoms with Crippen molar-refractivity contribution in [1.29, 1.82) is 0 Å². The van der Waals surface area contributed by atoms with Crippen LogP contribution < -0.4 is 10.1 Å². The Balaban J connectivity index is 1.59. The number of aromatic nitrogens is 2. The van der Waals surface area contributed by atoms with Gasteiger partial charge in [0.25, 0.3) is 0 Å². The fourth-order valence-corrected chi connectivity index (χ4v) is 2.42. The van der Waals surface area contributed by atoms with Gasteiger partial charge in [0.05, 0.1) is 7.11 Å². The molecule has 0 saturated carbocycles. The highest BCUT2D eigenvalue weighted by Gasteiger charge is 2.08. The molecule has 0 unspecified atom stereocenters. The maximum atomic E-state index is 12.2. The first-order valence-corrected chi connectivity index (χ1v) is 7.97. The highest BCUT2D eigenvalue weighted by molar-refractivity contribution is 5.91. The third kappa shape index (κ3) is 4.44. The van der Waals surface area contributed by atoms with Crippen LogP contribution in [0.3, 0.4) is 0 Å². The Morgan fingerprint density at radius 2 is 1.96 bits per heavy atom. The number of amides is 1. The SMILES string of the molecule is COc1ccc(CCC(=O)Nc2cccc(-c3nnc(C)o3)c2)cc1. The topological polar surface area (TPSA) is 77.2 Å². The molecule has 0 fully saturated rings. The molecular formula is C19H19N3O3. The molecular weight excluding hydrogens is 318 g/mol. The normalized spacial score (nSPS) is 10.5. The molecule has 0 radical (unpaired) electrons. The number of benzene rings is 2. The van der Waals surface area contributed by atoms with Crippen LogP contribution in [0, 0.1) is 6.92 Å². The van der Waals surface area contributed by atoms with Gasteiger partial charge >= 0.3 is 0 Å². The van der Waals surface area contributed by atoms with Crippen LogP contribution in [0.15, 0.2) is 52.9 Å². The molecule has 6 heteroatoms. The van der Waals surface area contributed by atoms with Gasteiger partial charge in [-0.1, -0.05) is 18.2 Å². The predicted octanol–water partition coefficient (Wildman–Crippen LogP) is 3.62. The van der Waals surface area contributed by atoms with Crippen LogP contribution in [0.1, 0.15) is 17.9 Å². The summed E-state index contributed by atoms with van der Waals surface area (Å²) in [5.41, 5.74) is 2.56. The van der Waals surface area contributed by atoms with Crippen molar-refractivity contribution in [2.24, 2.45) is 0 Å². The van der Waals surface area contributed by atoms with E-state index in [9.17, 15) is 4.79 Å². The largest absolute Gasteiger partial charge is 0.497 e. The Morgan fingerprint density at radius 3 is 2.64 bits per heavy atom. The fraction of sp³-hybridized carbons (Fsp3) is 0.211. The zero-order valence-electron chi connectivity index (χ0n) is 14.2. The van der Waals surface area contributed by atoms with E-state index >= 15 is 0 Å². The Morgan fingerprint density at radius 1 is 1.16 bits per heavy atom. The van der Waals surface area contributed by atoms with Crippen molar-refractivity contribution in [3.63, 3.8) is 0 Å². The number of carbonyl (C=O) groups excluding carboxylic acids is 1. The van der Waals surface area contributed by atoms with Crippen LogP contribution in [0.4, 0.5) is 5.69 Å². The lowest BCUT2D eigenvalue weighted by atomic mass is 10.1. The van der Waals surface area contributed by atoms with Crippen LogP contribution in [0.5, 0.6) is 5.75 Å². The summed E-state index contributed by atoms with van der Waals surface area (Å²) in [7, 11) is 1.63. The molecule has 3 aromatic rings. The number of anilines is 1. The van der Waals surface area contributed by atoms with Crippen molar-refractivity contribution in [2.75, 3.05) is 12.4 Å². The Hall–Kier alpha value is -3.15. The second kappa shape index (κ2) is 7.61. The quantitative estimate of drug-likeness (QED) is 0.743. The molecule has 0 aliphatic rings. The van der Waals surface area contributed by atoms with Crippen LogP contribution >= 0.6 is 0 Å². The van der Waals surface area contributed by atoms with Gasteiger partial charge in [0.15, 0.2) is 0 Å². The molecule has 25 heavy (non-hydrogen) atoms. The summed E-state index contributed by atoms with van der Waals surface area (Å²) in [6.45, 7) is 1.74. The maximum Gasteiger partial charge on any atom is 0.247 e. The van der Waals surface area contributed by atoms with E-state index in [4.69, 9.17) is 9.15 Å². The van der Waals surface area contributed by atoms with Crippen molar-refractivity contribution >= 4 is 11.6 Å². The van der Waals surface area contributed by atoms with Crippen LogP contribution in [0.2, 0.25) is 0 Å². The third-order valence-electron chi connectivity index (χ3n) is 3.72. The summed E-state index contributed by atoms with van der Waals surface area (Å²) in [4.78, 5) is 12.2. The molecule has 1 aromatic heterocycles. The number of nitrogens with zero attached hydrogens (tertiary/aromatic N) is 2. The molecule has 3 rings (SSSR count). The Kier molecular flexibility index (Phi) is 5.09. The van der Waals surface area contributed by atoms with Gasteiger partial charge in [0, 0.05) is 24.6 Å². The average Bonchev–Trinajstić information content (AvgIpc) is 3.07. The standard InChI is InChI=1S/C19H19N3O3/c1-13-21-22-19(25-13)15-4-3-5-16(12-15)20-18(23)11-8-14-6-9-17(24-2)10-7-14/h3-7,9-10,12H,8,11H2,1-2H3,(H,20,23). The lowest BCUT2D eigenvalue weighted by Gasteiger charge is -2.07. The molecule has 1 heterocycles. The molecule has 0 aliphatic heterocycles. The lowest BCUT2D eigenvalue weighted by Crippen LogP contribution is -2.12. The fourth-order valence-electron chi connectivity index (χ4n) is 2.42. The minimum absolute atomic E-state index is 0.0466. The van der Waals surface area contributed by atoms with Crippen molar-refractivity contribution in [3.05, 3.63) is 60.0 Å². The van der Waals surface area contributed by atoms with Gasteiger partial charge in [-0.15, -0.1) is 10.2 Å². The number of aryl methyl sites for hydroxylation is 2. The number of nitrogens with one attached hydrogen (secondary N) is 1. The van der Waals surface area contributed by atoms with Gasteiger partial charge in [-0.05, 0) is 42.3 Å². The number of rotatable bonds is 6. The summed E-state index contributed by atoms with van der Waals surface area (Å²) in [5, 5.41) is 10.7. The van der Waals surface area contributed by atoms with Gasteiger partial charge < -0.3 is 14.5 Å². The Bertz CT molecular complexity index is 856. The van der Waals surface area contributed by atoms with Crippen LogP contribution in [0.25, 0.3) is 11.5 Å². The minimum atomic E-state index is -0.0466. The van der Waals surface area contributed by atoms with Gasteiger partial charge in [-0.25, -0.2) is 0 Å². The number of methoxy groups -OCH3 is 1. The molecule has 2 aromatic carbocycles. The Labute approximate surface area is 145 Å². The van der Waals surface area contributed by atoms with Crippen LogP contribution in [-0.2, 0) is 11.2 Å². The van der Waals surface area contributed by atoms with Crippen LogP contribution in [-0.4, -0.2) is 23.2 Å². The smallest absolute Gasteiger partial charge is 0.247 e. The minimum Gasteiger partial charge on any atom is -0.497 e. The van der Waals surface area contributed by atoms with Crippen molar-refractivity contribution in [2.45, 2.75) is 19.8 Å². The lowest BCUT2D eigenvalue weighted by molar-refractivity contribution is -0.116. The molecule has 6 nitrogen and oxygen atoms in total. The molecule has 128 valence electrons. The van der Waals surface area contributed by atoms with E-state index in [0.29, 0.717) is 30.3 Å². The van der Waals surface area contributed by atoms with E-state index in [2.05, 4.69) is 15.5 Å². The summed E-state index contributed by atoms with van der Waals surface area (Å²) in [6, 6.07) is 15.1. The summed E-state index contributed by atoms with van der Waals surface area (Å²) >= 11 is 0. The van der Waals surface area contributed by atoms with E-state index in [-0.39, 0.29) is 5.91 Å². The summed E-state index contributed by atoms with van der Waals surface area (Å²) in [6.07, 6.45) is 1.06. The molecule has 0 spiro atoms. The molecule has 0 bridgehead atoms. The highest BCUT2D eigenvalue weighted by atomic mass is 16.5. The molecule has 0 saturated heterocycles. The first-order valence-electron chi connectivity index (χ1n) is 7.97. The average molecular weight is 337 g/mol. The molecule has 1 amide bonds. The molecule has 0 atom stereocenters. The van der Waals surface area contributed by atoms with Crippen molar-refractivity contribution in [1.82, 2.24) is 10.2 Å². The van der Waals surface area contributed by atoms with E-state index < -0.39 is 0 Å². The maximum absolute atomic E-state index is 12.2. The number of hydrogen-bond donors (Lipinski definition) is 1. The van der Waals surface area contributed by atoms with Gasteiger partial charge in [-0.3, -0.25) is 4.79 Å². The zero-order valence-corrected chi connectivity index (χ0v) is 14.2. The van der Waals surface area contributed by atoms with E-state index in [1.165, 1.54) is 0 Å². The highest BCUT2D eigenvalue weighted by Crippen LogP contribution is 2.21. The van der Waals surface area contributed by atoms with Crippen molar-refractivity contribution in [3.8, 4) is 17.2 Å². The first-order chi connectivity index (χ1) is 12.1. The first kappa shape index (κ1) is 16.7. The zero-order chi connectivity index (χ0) is 17.6. The number of hydrogen-bond acceptors (Lipinski definition) is 5. The van der Waals surface area contributed by atoms with Gasteiger partial charge in [0.1, 0.15) is 5.75 Å². The van der Waals surface area contributed by atoms with Crippen molar-refractivity contribution < 1.29 is 13.9 Å². The van der Waals surface area contributed by atoms with E-state index in [0.717, 1.165) is 16.9 Å². The number of ether oxygens (including phenoxy) is 1. The van der Waals surface area contributed by atoms with Gasteiger partial charge in [0.2, 0.25) is 17.7 Å². The molecule has 1 N–H and O–H groups in total. The van der Waals surface area contributed by atoms with E-state index in [1.54, 1.807) is 14.0 Å². The second-order valence-corrected chi connectivity index (χ2v) is 5.60. The summed E-state index contributed by atoms with van der Waals surface area (Å²) in [5.74, 6) is 1.70. The number of carbonyl (C=O) groups is 1. The van der Waals surface area contributed by atoms with E-state index in [1.807, 2.05) is 48.5 Å².